The average Bonchev–Trinajstić information content (AvgIpc) is 2.76. The van der Waals surface area contributed by atoms with Gasteiger partial charge in [-0.3, -0.25) is 0 Å². The summed E-state index contributed by atoms with van der Waals surface area (Å²) >= 11 is 0. The zero-order valence-electron chi connectivity index (χ0n) is 9.28. The van der Waals surface area contributed by atoms with Gasteiger partial charge in [0.15, 0.2) is 17.3 Å². The second-order valence-electron chi connectivity index (χ2n) is 3.71. The van der Waals surface area contributed by atoms with Crippen molar-refractivity contribution in [3.05, 3.63) is 42.1 Å². The molecule has 0 fully saturated rings. The molecule has 0 atom stereocenters. The number of nitrogens with zero attached hydrogens (tertiary/aromatic N) is 3. The van der Waals surface area contributed by atoms with E-state index in [-0.39, 0.29) is 5.95 Å². The molecular formula is C11H6F3N5. The zero-order valence-corrected chi connectivity index (χ0v) is 9.28. The van der Waals surface area contributed by atoms with E-state index in [2.05, 4.69) is 25.3 Å². The van der Waals surface area contributed by atoms with E-state index in [4.69, 9.17) is 0 Å². The van der Waals surface area contributed by atoms with Crippen LogP contribution in [0.4, 0.5) is 24.8 Å². The van der Waals surface area contributed by atoms with Crippen LogP contribution >= 0.6 is 0 Å². The van der Waals surface area contributed by atoms with E-state index < -0.39 is 23.1 Å². The number of H-pyrrole nitrogens is 1. The Morgan fingerprint density at radius 1 is 1.11 bits per heavy atom. The van der Waals surface area contributed by atoms with Gasteiger partial charge in [0, 0.05) is 12.1 Å². The summed E-state index contributed by atoms with van der Waals surface area (Å²) in [6.45, 7) is 0. The molecule has 96 valence electrons. The predicted octanol–water partition coefficient (Wildman–Crippen LogP) is 2.51. The Morgan fingerprint density at radius 2 is 1.84 bits per heavy atom. The van der Waals surface area contributed by atoms with Crippen molar-refractivity contribution in [3.63, 3.8) is 0 Å². The molecule has 2 N–H and O–H groups in total. The minimum atomic E-state index is -1.05. The van der Waals surface area contributed by atoms with Crippen molar-refractivity contribution in [2.24, 2.45) is 0 Å². The molecule has 1 aromatic carbocycles. The highest BCUT2D eigenvalue weighted by atomic mass is 19.1. The number of fused-ring (bicyclic) bond motifs is 1. The first kappa shape index (κ1) is 11.5. The van der Waals surface area contributed by atoms with Crippen molar-refractivity contribution in [2.45, 2.75) is 0 Å². The van der Waals surface area contributed by atoms with E-state index in [0.29, 0.717) is 23.3 Å². The fraction of sp³-hybridized carbons (Fsp3) is 0. The van der Waals surface area contributed by atoms with Crippen LogP contribution in [0, 0.1) is 17.5 Å². The number of halogens is 3. The molecular weight excluding hydrogens is 259 g/mol. The van der Waals surface area contributed by atoms with Crippen LogP contribution in [0.5, 0.6) is 0 Å². The lowest BCUT2D eigenvalue weighted by Crippen LogP contribution is -2.00. The third-order valence-corrected chi connectivity index (χ3v) is 2.41. The largest absolute Gasteiger partial charge is 0.321 e. The van der Waals surface area contributed by atoms with Crippen LogP contribution < -0.4 is 5.32 Å². The van der Waals surface area contributed by atoms with Gasteiger partial charge in [-0.15, -0.1) is 0 Å². The Bertz CT molecular complexity index is 699. The standard InChI is InChI=1S/C11H6F3N5/c12-5-1-6(13)9(7(14)2-5)18-11-17-8-3-15-4-16-10(8)19-11/h1-4H,(H2,15,16,17,18,19). The molecule has 2 aromatic heterocycles. The molecule has 0 amide bonds. The summed E-state index contributed by atoms with van der Waals surface area (Å²) in [6.07, 6.45) is 2.77. The lowest BCUT2D eigenvalue weighted by atomic mass is 10.3. The topological polar surface area (TPSA) is 66.5 Å². The molecule has 0 aliphatic rings. The van der Waals surface area contributed by atoms with E-state index in [1.807, 2.05) is 0 Å². The Kier molecular flexibility index (Phi) is 2.55. The van der Waals surface area contributed by atoms with Crippen LogP contribution in [0.3, 0.4) is 0 Å². The van der Waals surface area contributed by atoms with E-state index in [9.17, 15) is 13.2 Å². The van der Waals surface area contributed by atoms with Gasteiger partial charge in [-0.05, 0) is 0 Å². The molecule has 8 heteroatoms. The zero-order chi connectivity index (χ0) is 13.4. The summed E-state index contributed by atoms with van der Waals surface area (Å²) in [4.78, 5) is 14.3. The van der Waals surface area contributed by atoms with Gasteiger partial charge in [-0.1, -0.05) is 0 Å². The highest BCUT2D eigenvalue weighted by molar-refractivity contribution is 5.73. The summed E-state index contributed by atoms with van der Waals surface area (Å²) in [7, 11) is 0. The lowest BCUT2D eigenvalue weighted by Gasteiger charge is -2.05. The number of rotatable bonds is 2. The van der Waals surface area contributed by atoms with Crippen molar-refractivity contribution in [1.82, 2.24) is 19.9 Å². The van der Waals surface area contributed by atoms with Crippen molar-refractivity contribution >= 4 is 22.8 Å². The maximum Gasteiger partial charge on any atom is 0.207 e. The number of hydrogen-bond donors (Lipinski definition) is 2. The van der Waals surface area contributed by atoms with Gasteiger partial charge in [-0.25, -0.2) is 23.1 Å². The second-order valence-corrected chi connectivity index (χ2v) is 3.71. The molecule has 5 nitrogen and oxygen atoms in total. The molecule has 19 heavy (non-hydrogen) atoms. The Morgan fingerprint density at radius 3 is 2.53 bits per heavy atom. The minimum Gasteiger partial charge on any atom is -0.321 e. The maximum atomic E-state index is 13.4. The average molecular weight is 265 g/mol. The van der Waals surface area contributed by atoms with Gasteiger partial charge in [0.25, 0.3) is 0 Å². The van der Waals surface area contributed by atoms with E-state index >= 15 is 0 Å². The predicted molar refractivity (Wildman–Crippen MR) is 61.3 cm³/mol. The Balaban J connectivity index is 2.01. The first-order chi connectivity index (χ1) is 9.13. The normalized spacial score (nSPS) is 10.9. The number of benzene rings is 1. The highest BCUT2D eigenvalue weighted by Gasteiger charge is 2.13. The van der Waals surface area contributed by atoms with Gasteiger partial charge < -0.3 is 10.3 Å². The van der Waals surface area contributed by atoms with Crippen molar-refractivity contribution in [1.29, 1.82) is 0 Å². The summed E-state index contributed by atoms with van der Waals surface area (Å²) in [5.74, 6) is -3.01. The number of nitrogens with one attached hydrogen (secondary N) is 2. The smallest absolute Gasteiger partial charge is 0.207 e. The fourth-order valence-corrected chi connectivity index (χ4v) is 1.60. The van der Waals surface area contributed by atoms with Crippen LogP contribution in [-0.2, 0) is 0 Å². The van der Waals surface area contributed by atoms with E-state index in [1.165, 1.54) is 12.5 Å². The third kappa shape index (κ3) is 2.07. The molecule has 0 bridgehead atoms. The second kappa shape index (κ2) is 4.23. The van der Waals surface area contributed by atoms with Crippen LogP contribution in [0.2, 0.25) is 0 Å². The lowest BCUT2D eigenvalue weighted by molar-refractivity contribution is 0.548. The Labute approximate surface area is 104 Å². The summed E-state index contributed by atoms with van der Waals surface area (Å²) in [6, 6.07) is 1.15. The summed E-state index contributed by atoms with van der Waals surface area (Å²) in [5.41, 5.74) is 0.363. The number of imidazole rings is 1. The van der Waals surface area contributed by atoms with Gasteiger partial charge >= 0.3 is 0 Å². The monoisotopic (exact) mass is 265 g/mol. The molecule has 2 heterocycles. The number of aromatic amines is 1. The number of hydrogen-bond acceptors (Lipinski definition) is 4. The van der Waals surface area contributed by atoms with E-state index in [1.54, 1.807) is 0 Å². The fourth-order valence-electron chi connectivity index (χ4n) is 1.60. The Hall–Kier alpha value is -2.64. The van der Waals surface area contributed by atoms with Crippen molar-refractivity contribution < 1.29 is 13.2 Å². The van der Waals surface area contributed by atoms with Crippen LogP contribution in [0.1, 0.15) is 0 Å². The molecule has 3 rings (SSSR count). The molecule has 0 radical (unpaired) electrons. The highest BCUT2D eigenvalue weighted by Crippen LogP contribution is 2.23. The number of anilines is 2. The summed E-state index contributed by atoms with van der Waals surface area (Å²) in [5, 5.41) is 2.41. The van der Waals surface area contributed by atoms with Crippen LogP contribution in [0.25, 0.3) is 11.2 Å². The number of aromatic nitrogens is 4. The van der Waals surface area contributed by atoms with Crippen molar-refractivity contribution in [2.75, 3.05) is 5.32 Å². The van der Waals surface area contributed by atoms with E-state index in [0.717, 1.165) is 0 Å². The minimum absolute atomic E-state index is 0.0832. The van der Waals surface area contributed by atoms with Crippen molar-refractivity contribution in [3.8, 4) is 0 Å². The van der Waals surface area contributed by atoms with Gasteiger partial charge in [0.05, 0.1) is 6.20 Å². The van der Waals surface area contributed by atoms with Gasteiger partial charge in [0.2, 0.25) is 5.95 Å². The molecule has 0 aliphatic heterocycles. The molecule has 0 unspecified atom stereocenters. The first-order valence-corrected chi connectivity index (χ1v) is 5.21. The van der Waals surface area contributed by atoms with Crippen LogP contribution in [-0.4, -0.2) is 19.9 Å². The van der Waals surface area contributed by atoms with Crippen LogP contribution in [0.15, 0.2) is 24.7 Å². The first-order valence-electron chi connectivity index (χ1n) is 5.21. The molecule has 0 saturated heterocycles. The molecule has 0 saturated carbocycles. The molecule has 0 aliphatic carbocycles. The quantitative estimate of drug-likeness (QED) is 0.747. The third-order valence-electron chi connectivity index (χ3n) is 2.41. The maximum absolute atomic E-state index is 13.4. The molecule has 0 spiro atoms. The summed E-state index contributed by atoms with van der Waals surface area (Å²) < 4.78 is 39.6. The van der Waals surface area contributed by atoms with Gasteiger partial charge in [0.1, 0.15) is 23.3 Å². The SMILES string of the molecule is Fc1cc(F)c(Nc2nc3ncncc3[nH]2)c(F)c1. The molecule has 3 aromatic rings. The van der Waals surface area contributed by atoms with Gasteiger partial charge in [-0.2, -0.15) is 4.98 Å².